The fourth-order valence-electron chi connectivity index (χ4n) is 2.94. The van der Waals surface area contributed by atoms with E-state index in [2.05, 4.69) is 15.1 Å². The van der Waals surface area contributed by atoms with Crippen LogP contribution >= 0.6 is 11.6 Å². The van der Waals surface area contributed by atoms with E-state index in [0.717, 1.165) is 22.4 Å². The number of aryl methyl sites for hydroxylation is 1. The number of benzene rings is 1. The highest BCUT2D eigenvalue weighted by Gasteiger charge is 2.27. The molecule has 3 aromatic rings. The second-order valence-electron chi connectivity index (χ2n) is 5.70. The van der Waals surface area contributed by atoms with Crippen LogP contribution in [-0.4, -0.2) is 45.3 Å². The molecule has 3 heterocycles. The minimum Gasteiger partial charge on any atom is -0.345 e. The van der Waals surface area contributed by atoms with Crippen molar-refractivity contribution in [3.8, 4) is 0 Å². The maximum Gasteiger partial charge on any atom is 0.246 e. The summed E-state index contributed by atoms with van der Waals surface area (Å²) in [5.41, 5.74) is 1.59. The van der Waals surface area contributed by atoms with E-state index >= 15 is 0 Å². The molecule has 0 bridgehead atoms. The Morgan fingerprint density at radius 2 is 2.08 bits per heavy atom. The van der Waals surface area contributed by atoms with Crippen molar-refractivity contribution in [2.24, 2.45) is 7.05 Å². The third-order valence-electron chi connectivity index (χ3n) is 4.10. The largest absolute Gasteiger partial charge is 0.345 e. The lowest BCUT2D eigenvalue weighted by Gasteiger charge is -2.34. The van der Waals surface area contributed by atoms with E-state index in [-0.39, 0.29) is 12.5 Å². The number of hydrogen-bond donors (Lipinski definition) is 0. The van der Waals surface area contributed by atoms with Gasteiger partial charge >= 0.3 is 0 Å². The van der Waals surface area contributed by atoms with Gasteiger partial charge in [0.25, 0.3) is 0 Å². The van der Waals surface area contributed by atoms with E-state index in [1.807, 2.05) is 30.3 Å². The number of aromatic nitrogens is 4. The number of carbonyl (C=O) groups is 1. The summed E-state index contributed by atoms with van der Waals surface area (Å²) in [5.74, 6) is 0.783. The lowest BCUT2D eigenvalue weighted by atomic mass is 10.2. The van der Waals surface area contributed by atoms with E-state index in [0.29, 0.717) is 18.1 Å². The van der Waals surface area contributed by atoms with Crippen LogP contribution in [0.3, 0.4) is 0 Å². The van der Waals surface area contributed by atoms with Crippen molar-refractivity contribution in [2.45, 2.75) is 0 Å². The molecule has 0 aliphatic carbocycles. The van der Waals surface area contributed by atoms with Gasteiger partial charge in [-0.25, -0.2) is 9.97 Å². The van der Waals surface area contributed by atoms with Crippen molar-refractivity contribution >= 4 is 39.9 Å². The molecule has 0 N–H and O–H groups in total. The van der Waals surface area contributed by atoms with Crippen molar-refractivity contribution in [2.75, 3.05) is 29.4 Å². The van der Waals surface area contributed by atoms with Crippen molar-refractivity contribution in [1.82, 2.24) is 19.7 Å². The van der Waals surface area contributed by atoms with Gasteiger partial charge in [0.15, 0.2) is 0 Å². The molecule has 2 aromatic heterocycles. The molecule has 0 atom stereocenters. The summed E-state index contributed by atoms with van der Waals surface area (Å²) in [6.45, 7) is 1.54. The van der Waals surface area contributed by atoms with E-state index in [1.54, 1.807) is 21.8 Å². The molecule has 1 saturated heterocycles. The summed E-state index contributed by atoms with van der Waals surface area (Å²) < 4.78 is 1.69. The number of anilines is 2. The van der Waals surface area contributed by atoms with Crippen LogP contribution in [0.5, 0.6) is 0 Å². The number of rotatable bonds is 2. The Morgan fingerprint density at radius 3 is 2.83 bits per heavy atom. The zero-order valence-electron chi connectivity index (χ0n) is 13.1. The third-order valence-corrected chi connectivity index (χ3v) is 4.34. The molecule has 1 fully saturated rings. The molecular formula is C16H15ClN6O. The highest BCUT2D eigenvalue weighted by Crippen LogP contribution is 2.27. The Labute approximate surface area is 143 Å². The van der Waals surface area contributed by atoms with Gasteiger partial charge in [0.1, 0.15) is 12.1 Å². The van der Waals surface area contributed by atoms with Gasteiger partial charge in [-0.05, 0) is 18.2 Å². The van der Waals surface area contributed by atoms with E-state index in [1.165, 1.54) is 6.33 Å². The molecule has 122 valence electrons. The summed E-state index contributed by atoms with van der Waals surface area (Å²) in [7, 11) is 1.84. The fourth-order valence-corrected chi connectivity index (χ4v) is 3.11. The van der Waals surface area contributed by atoms with Crippen molar-refractivity contribution < 1.29 is 4.79 Å². The summed E-state index contributed by atoms with van der Waals surface area (Å²) in [5, 5.41) is 5.65. The van der Waals surface area contributed by atoms with E-state index < -0.39 is 0 Å². The smallest absolute Gasteiger partial charge is 0.246 e. The number of carbonyl (C=O) groups excluding carboxylic acids is 1. The van der Waals surface area contributed by atoms with Crippen LogP contribution in [0.4, 0.5) is 11.5 Å². The van der Waals surface area contributed by atoms with Crippen molar-refractivity contribution in [3.63, 3.8) is 0 Å². The maximum absolute atomic E-state index is 12.6. The maximum atomic E-state index is 12.6. The highest BCUT2D eigenvalue weighted by molar-refractivity contribution is 6.31. The molecule has 7 nitrogen and oxygen atoms in total. The molecule has 0 saturated carbocycles. The first kappa shape index (κ1) is 14.9. The van der Waals surface area contributed by atoms with Crippen LogP contribution in [0.2, 0.25) is 5.02 Å². The molecule has 1 aliphatic rings. The Bertz CT molecular complexity index is 924. The lowest BCUT2D eigenvalue weighted by molar-refractivity contribution is -0.117. The van der Waals surface area contributed by atoms with Gasteiger partial charge < -0.3 is 9.80 Å². The van der Waals surface area contributed by atoms with Gasteiger partial charge in [-0.2, -0.15) is 5.10 Å². The minimum atomic E-state index is 0.0231. The zero-order valence-corrected chi connectivity index (χ0v) is 13.8. The highest BCUT2D eigenvalue weighted by atomic mass is 35.5. The number of halogens is 1. The average Bonchev–Trinajstić information content (AvgIpc) is 3.00. The number of fused-ring (bicyclic) bond motifs is 1. The van der Waals surface area contributed by atoms with Gasteiger partial charge in [-0.15, -0.1) is 0 Å². The van der Waals surface area contributed by atoms with Gasteiger partial charge in [0.05, 0.1) is 23.9 Å². The molecule has 8 heteroatoms. The topological polar surface area (TPSA) is 67.2 Å². The van der Waals surface area contributed by atoms with E-state index in [9.17, 15) is 4.79 Å². The normalized spacial score (nSPS) is 15.3. The predicted octanol–water partition coefficient (Wildman–Crippen LogP) is 1.87. The molecule has 4 rings (SSSR count). The number of amides is 1. The average molecular weight is 343 g/mol. The van der Waals surface area contributed by atoms with Gasteiger partial charge in [-0.3, -0.25) is 9.48 Å². The van der Waals surface area contributed by atoms with Crippen molar-refractivity contribution in [1.29, 1.82) is 0 Å². The van der Waals surface area contributed by atoms with Crippen LogP contribution in [0.1, 0.15) is 0 Å². The number of piperazine rings is 1. The van der Waals surface area contributed by atoms with E-state index in [4.69, 9.17) is 11.6 Å². The van der Waals surface area contributed by atoms with Crippen LogP contribution in [0.15, 0.2) is 36.9 Å². The summed E-state index contributed by atoms with van der Waals surface area (Å²) in [6.07, 6.45) is 5.05. The molecule has 1 aromatic carbocycles. The van der Waals surface area contributed by atoms with Crippen molar-refractivity contribution in [3.05, 3.63) is 41.9 Å². The Morgan fingerprint density at radius 1 is 1.21 bits per heavy atom. The molecule has 24 heavy (non-hydrogen) atoms. The Balaban J connectivity index is 1.62. The lowest BCUT2D eigenvalue weighted by Crippen LogP contribution is -2.50. The first-order chi connectivity index (χ1) is 11.6. The summed E-state index contributed by atoms with van der Waals surface area (Å²) in [4.78, 5) is 24.9. The first-order valence-electron chi connectivity index (χ1n) is 7.56. The monoisotopic (exact) mass is 342 g/mol. The first-order valence-corrected chi connectivity index (χ1v) is 7.94. The molecule has 0 spiro atoms. The predicted molar refractivity (Wildman–Crippen MR) is 92.3 cm³/mol. The summed E-state index contributed by atoms with van der Waals surface area (Å²) >= 11 is 6.03. The molecule has 1 aliphatic heterocycles. The number of nitrogens with zero attached hydrogens (tertiary/aromatic N) is 6. The van der Waals surface area contributed by atoms with Crippen LogP contribution in [0.25, 0.3) is 10.9 Å². The zero-order chi connectivity index (χ0) is 16.7. The van der Waals surface area contributed by atoms with Gasteiger partial charge in [0, 0.05) is 36.7 Å². The SMILES string of the molecule is Cn1cc(N2CCN(c3ncnc4cc(Cl)ccc34)CC2=O)cn1. The third kappa shape index (κ3) is 2.56. The van der Waals surface area contributed by atoms with Crippen LogP contribution in [-0.2, 0) is 11.8 Å². The van der Waals surface area contributed by atoms with Crippen LogP contribution in [0, 0.1) is 0 Å². The Kier molecular flexibility index (Phi) is 3.57. The molecule has 0 radical (unpaired) electrons. The van der Waals surface area contributed by atoms with Crippen LogP contribution < -0.4 is 9.80 Å². The van der Waals surface area contributed by atoms with Gasteiger partial charge in [-0.1, -0.05) is 11.6 Å². The standard InChI is InChI=1S/C16H15ClN6O/c1-21-8-12(7-20-21)23-5-4-22(9-15(23)24)16-13-3-2-11(17)6-14(13)18-10-19-16/h2-3,6-8,10H,4-5,9H2,1H3. The Hall–Kier alpha value is -2.67. The minimum absolute atomic E-state index is 0.0231. The fraction of sp³-hybridized carbons (Fsp3) is 0.250. The molecule has 0 unspecified atom stereocenters. The molecular weight excluding hydrogens is 328 g/mol. The molecule has 1 amide bonds. The quantitative estimate of drug-likeness (QED) is 0.711. The van der Waals surface area contributed by atoms with Gasteiger partial charge in [0.2, 0.25) is 5.91 Å². The second kappa shape index (κ2) is 5.76. The number of hydrogen-bond acceptors (Lipinski definition) is 5. The summed E-state index contributed by atoms with van der Waals surface area (Å²) in [6, 6.07) is 5.51. The second-order valence-corrected chi connectivity index (χ2v) is 6.13.